The molecule has 0 spiro atoms. The molecule has 17 heavy (non-hydrogen) atoms. The van der Waals surface area contributed by atoms with Gasteiger partial charge in [-0.2, -0.15) is 0 Å². The first-order valence-electron chi connectivity index (χ1n) is 4.92. The largest absolute Gasteiger partial charge is 0.372 e. The highest BCUT2D eigenvalue weighted by Crippen LogP contribution is 2.44. The molecule has 1 aromatic carbocycles. The molecule has 92 valence electrons. The fraction of sp³-hybridized carbons (Fsp3) is 0.182. The van der Waals surface area contributed by atoms with Crippen LogP contribution in [0.5, 0.6) is 0 Å². The number of rotatable bonds is 3. The van der Waals surface area contributed by atoms with Gasteiger partial charge in [0, 0.05) is 5.56 Å². The Hall–Kier alpha value is -1.42. The van der Waals surface area contributed by atoms with Crippen molar-refractivity contribution < 1.29 is 19.1 Å². The molecule has 0 saturated heterocycles. The third kappa shape index (κ3) is 3.82. The van der Waals surface area contributed by atoms with Crippen LogP contribution in [0.1, 0.15) is 24.2 Å². The molecule has 0 unspecified atom stereocenters. The van der Waals surface area contributed by atoms with Gasteiger partial charge < -0.3 is 15.1 Å². The third-order valence-corrected chi connectivity index (χ3v) is 3.17. The molecular formula is C11H14NO4P. The summed E-state index contributed by atoms with van der Waals surface area (Å²) in [5.74, 6) is -0.537. The van der Waals surface area contributed by atoms with E-state index in [0.717, 1.165) is 0 Å². The fourth-order valence-corrected chi connectivity index (χ4v) is 2.09. The molecule has 1 rings (SSSR count). The van der Waals surface area contributed by atoms with Crippen molar-refractivity contribution in [2.24, 2.45) is 0 Å². The molecule has 0 bridgehead atoms. The van der Waals surface area contributed by atoms with Crippen LogP contribution in [0.2, 0.25) is 0 Å². The molecule has 0 aromatic heterocycles. The molecule has 1 aromatic rings. The zero-order chi connectivity index (χ0) is 13.1. The molecular weight excluding hydrogens is 241 g/mol. The maximum Gasteiger partial charge on any atom is 0.372 e. The van der Waals surface area contributed by atoms with E-state index in [2.05, 4.69) is 5.32 Å². The Balaban J connectivity index is 2.96. The van der Waals surface area contributed by atoms with Gasteiger partial charge in [-0.1, -0.05) is 18.2 Å². The minimum absolute atomic E-state index is 0.341. The van der Waals surface area contributed by atoms with E-state index in [-0.39, 0.29) is 5.44 Å². The van der Waals surface area contributed by atoms with E-state index in [1.54, 1.807) is 30.3 Å². The normalized spacial score (nSPS) is 10.8. The smallest absolute Gasteiger partial charge is 0.320 e. The van der Waals surface area contributed by atoms with E-state index in [1.165, 1.54) is 13.8 Å². The van der Waals surface area contributed by atoms with Gasteiger partial charge in [0.05, 0.1) is 0 Å². The second kappa shape index (κ2) is 5.27. The van der Waals surface area contributed by atoms with Crippen molar-refractivity contribution >= 4 is 13.5 Å². The third-order valence-electron chi connectivity index (χ3n) is 2.03. The van der Waals surface area contributed by atoms with Crippen LogP contribution in [0, 0.1) is 0 Å². The van der Waals surface area contributed by atoms with Gasteiger partial charge in [-0.25, -0.2) is 0 Å². The summed E-state index contributed by atoms with van der Waals surface area (Å²) in [6.07, 6.45) is 0. The summed E-state index contributed by atoms with van der Waals surface area (Å²) >= 11 is 0. The average molecular weight is 255 g/mol. The second-order valence-electron chi connectivity index (χ2n) is 3.71. The van der Waals surface area contributed by atoms with Gasteiger partial charge >= 0.3 is 7.60 Å². The van der Waals surface area contributed by atoms with Gasteiger partial charge in [0.1, 0.15) is 5.44 Å². The lowest BCUT2D eigenvalue weighted by Gasteiger charge is -2.13. The number of carbonyl (C=O) groups excluding carboxylic acids is 1. The summed E-state index contributed by atoms with van der Waals surface area (Å²) in [7, 11) is -4.46. The standard InChI is InChI=1S/C11H14NO4P/c1-8(2)11(17(14,15)16)12-10(13)9-6-4-3-5-7-9/h3-7H,1-2H3,(H,12,13)(H2,14,15,16). The molecule has 5 nitrogen and oxygen atoms in total. The molecule has 6 heteroatoms. The summed E-state index contributed by atoms with van der Waals surface area (Å²) in [5.41, 5.74) is 0.383. The highest BCUT2D eigenvalue weighted by molar-refractivity contribution is 7.56. The van der Waals surface area contributed by atoms with E-state index in [1.807, 2.05) is 0 Å². The van der Waals surface area contributed by atoms with Crippen LogP contribution in [0.15, 0.2) is 41.3 Å². The number of carbonyl (C=O) groups is 1. The van der Waals surface area contributed by atoms with E-state index >= 15 is 0 Å². The number of hydrogen-bond acceptors (Lipinski definition) is 2. The first-order valence-corrected chi connectivity index (χ1v) is 6.53. The molecule has 0 radical (unpaired) electrons. The maximum atomic E-state index is 11.7. The topological polar surface area (TPSA) is 86.6 Å². The lowest BCUT2D eigenvalue weighted by Crippen LogP contribution is -2.23. The van der Waals surface area contributed by atoms with Gasteiger partial charge in [0.25, 0.3) is 5.91 Å². The Morgan fingerprint density at radius 2 is 1.71 bits per heavy atom. The Kier molecular flexibility index (Phi) is 4.23. The van der Waals surface area contributed by atoms with Gasteiger partial charge in [-0.05, 0) is 31.6 Å². The highest BCUT2D eigenvalue weighted by atomic mass is 31.2. The Morgan fingerprint density at radius 1 is 1.18 bits per heavy atom. The summed E-state index contributed by atoms with van der Waals surface area (Å²) in [4.78, 5) is 29.9. The minimum Gasteiger partial charge on any atom is -0.320 e. The second-order valence-corrected chi connectivity index (χ2v) is 5.25. The number of amides is 1. The lowest BCUT2D eigenvalue weighted by atomic mass is 10.2. The molecule has 3 N–H and O–H groups in total. The van der Waals surface area contributed by atoms with Gasteiger partial charge in [0.2, 0.25) is 0 Å². The van der Waals surface area contributed by atoms with Crippen molar-refractivity contribution in [2.45, 2.75) is 13.8 Å². The number of benzene rings is 1. The molecule has 0 atom stereocenters. The highest BCUT2D eigenvalue weighted by Gasteiger charge is 2.24. The zero-order valence-corrected chi connectivity index (χ0v) is 10.4. The van der Waals surface area contributed by atoms with E-state index in [9.17, 15) is 9.36 Å². The zero-order valence-electron chi connectivity index (χ0n) is 9.54. The predicted octanol–water partition coefficient (Wildman–Crippen LogP) is 1.85. The van der Waals surface area contributed by atoms with E-state index in [0.29, 0.717) is 11.1 Å². The van der Waals surface area contributed by atoms with Gasteiger partial charge in [0.15, 0.2) is 0 Å². The van der Waals surface area contributed by atoms with Crippen LogP contribution >= 0.6 is 7.60 Å². The van der Waals surface area contributed by atoms with Crippen molar-refractivity contribution in [2.75, 3.05) is 0 Å². The van der Waals surface area contributed by atoms with E-state index < -0.39 is 13.5 Å². The monoisotopic (exact) mass is 255 g/mol. The summed E-state index contributed by atoms with van der Waals surface area (Å²) in [6.45, 7) is 3.05. The SMILES string of the molecule is CC(C)=C(NC(=O)c1ccccc1)P(=O)(O)O. The minimum atomic E-state index is -4.46. The van der Waals surface area contributed by atoms with Crippen LogP contribution in [0.25, 0.3) is 0 Å². The number of hydrogen-bond donors (Lipinski definition) is 3. The quantitative estimate of drug-likeness (QED) is 0.719. The molecule has 0 aliphatic rings. The van der Waals surface area contributed by atoms with Crippen molar-refractivity contribution in [1.29, 1.82) is 0 Å². The molecule has 0 saturated carbocycles. The van der Waals surface area contributed by atoms with Crippen LogP contribution in [0.3, 0.4) is 0 Å². The summed E-state index contributed by atoms with van der Waals surface area (Å²) < 4.78 is 11.2. The maximum absolute atomic E-state index is 11.7. The lowest BCUT2D eigenvalue weighted by molar-refractivity contribution is 0.0966. The van der Waals surface area contributed by atoms with Gasteiger partial charge in [-0.15, -0.1) is 0 Å². The van der Waals surface area contributed by atoms with Crippen molar-refractivity contribution in [3.63, 3.8) is 0 Å². The van der Waals surface area contributed by atoms with Crippen molar-refractivity contribution in [3.8, 4) is 0 Å². The molecule has 0 fully saturated rings. The Morgan fingerprint density at radius 3 is 2.12 bits per heavy atom. The van der Waals surface area contributed by atoms with Crippen LogP contribution in [0.4, 0.5) is 0 Å². The molecule has 1 amide bonds. The van der Waals surface area contributed by atoms with Crippen LogP contribution in [-0.2, 0) is 4.57 Å². The first-order chi connectivity index (χ1) is 7.82. The Bertz CT molecular complexity index is 485. The summed E-state index contributed by atoms with van der Waals surface area (Å²) in [6, 6.07) is 8.24. The number of allylic oxidation sites excluding steroid dienone is 1. The molecule has 0 aliphatic heterocycles. The van der Waals surface area contributed by atoms with E-state index in [4.69, 9.17) is 9.79 Å². The first kappa shape index (κ1) is 13.6. The molecule has 0 aliphatic carbocycles. The summed E-state index contributed by atoms with van der Waals surface area (Å²) in [5, 5.41) is 2.25. The van der Waals surface area contributed by atoms with Crippen LogP contribution < -0.4 is 5.32 Å². The predicted molar refractivity (Wildman–Crippen MR) is 64.3 cm³/mol. The molecule has 0 heterocycles. The average Bonchev–Trinajstić information content (AvgIpc) is 2.24. The fourth-order valence-electron chi connectivity index (χ4n) is 1.26. The van der Waals surface area contributed by atoms with Crippen LogP contribution in [-0.4, -0.2) is 15.7 Å². The number of nitrogens with one attached hydrogen (secondary N) is 1. The van der Waals surface area contributed by atoms with Crippen molar-refractivity contribution in [3.05, 3.63) is 46.9 Å². The van der Waals surface area contributed by atoms with Gasteiger partial charge in [-0.3, -0.25) is 9.36 Å². The van der Waals surface area contributed by atoms with Crippen molar-refractivity contribution in [1.82, 2.24) is 5.32 Å². The Labute approximate surface area is 99.3 Å².